The number of carbonyl (C=O) groups is 1. The number of nitrogens with one attached hydrogen (secondary N) is 1. The molecule has 0 atom stereocenters. The minimum absolute atomic E-state index is 0.224. The number of rotatable bonds is 7. The second-order valence-electron chi connectivity index (χ2n) is 7.81. The molecule has 158 valence electrons. The molecule has 0 bridgehead atoms. The first-order valence-corrected chi connectivity index (χ1v) is 10.2. The summed E-state index contributed by atoms with van der Waals surface area (Å²) in [5.41, 5.74) is 1.53. The van der Waals surface area contributed by atoms with Crippen LogP contribution in [0.5, 0.6) is 0 Å². The molecular formula is C23H21F2N5O. The zero-order valence-electron chi connectivity index (χ0n) is 16.7. The summed E-state index contributed by atoms with van der Waals surface area (Å²) in [5, 5.41) is 13.6. The van der Waals surface area contributed by atoms with Crippen molar-refractivity contribution in [3.8, 4) is 0 Å². The maximum absolute atomic E-state index is 13.3. The fourth-order valence-electron chi connectivity index (χ4n) is 3.77. The molecule has 6 nitrogen and oxygen atoms in total. The molecule has 1 N–H and O–H groups in total. The smallest absolute Gasteiger partial charge is 0.280 e. The summed E-state index contributed by atoms with van der Waals surface area (Å²) in [4.78, 5) is 12.4. The fraction of sp³-hybridized carbons (Fsp3) is 0.261. The van der Waals surface area contributed by atoms with Crippen LogP contribution >= 0.6 is 0 Å². The molecule has 0 aliphatic heterocycles. The lowest BCUT2D eigenvalue weighted by Crippen LogP contribution is -2.21. The number of nitrogens with zero attached hydrogens (tertiary/aromatic N) is 4. The third kappa shape index (κ3) is 4.19. The number of halogens is 2. The fourth-order valence-corrected chi connectivity index (χ4v) is 3.77. The van der Waals surface area contributed by atoms with Crippen molar-refractivity contribution in [2.24, 2.45) is 0 Å². The first-order chi connectivity index (χ1) is 15.1. The number of amides is 1. The van der Waals surface area contributed by atoms with E-state index in [0.29, 0.717) is 18.1 Å². The summed E-state index contributed by atoms with van der Waals surface area (Å²) in [7, 11) is 0. The van der Waals surface area contributed by atoms with Gasteiger partial charge in [-0.2, -0.15) is 10.2 Å². The zero-order chi connectivity index (χ0) is 21.4. The number of anilines is 1. The van der Waals surface area contributed by atoms with E-state index in [1.54, 1.807) is 16.9 Å². The molecule has 0 unspecified atom stereocenters. The summed E-state index contributed by atoms with van der Waals surface area (Å²) in [6, 6.07) is 17.3. The van der Waals surface area contributed by atoms with Crippen LogP contribution in [0.25, 0.3) is 10.8 Å². The maximum atomic E-state index is 13.3. The molecule has 1 aliphatic rings. The number of hydrogen-bond donors (Lipinski definition) is 1. The van der Waals surface area contributed by atoms with E-state index in [0.717, 1.165) is 33.9 Å². The molecule has 0 radical (unpaired) electrons. The second kappa shape index (κ2) is 7.94. The molecule has 1 amide bonds. The van der Waals surface area contributed by atoms with Gasteiger partial charge in [-0.3, -0.25) is 14.2 Å². The van der Waals surface area contributed by atoms with Crippen molar-refractivity contribution in [1.29, 1.82) is 0 Å². The lowest BCUT2D eigenvalue weighted by molar-refractivity contribution is -0.117. The van der Waals surface area contributed by atoms with Crippen molar-refractivity contribution in [2.45, 2.75) is 38.3 Å². The van der Waals surface area contributed by atoms with Crippen LogP contribution in [0.15, 0.2) is 60.8 Å². The van der Waals surface area contributed by atoms with Crippen molar-refractivity contribution < 1.29 is 13.6 Å². The van der Waals surface area contributed by atoms with Gasteiger partial charge in [0.25, 0.3) is 6.43 Å². The third-order valence-corrected chi connectivity index (χ3v) is 5.46. The summed E-state index contributed by atoms with van der Waals surface area (Å²) in [5.74, 6) is 0.174. The Hall–Kier alpha value is -3.55. The molecule has 2 aromatic carbocycles. The molecule has 2 heterocycles. The minimum Gasteiger partial charge on any atom is -0.308 e. The second-order valence-corrected chi connectivity index (χ2v) is 7.81. The Morgan fingerprint density at radius 2 is 1.90 bits per heavy atom. The third-order valence-electron chi connectivity index (χ3n) is 5.46. The van der Waals surface area contributed by atoms with Gasteiger partial charge >= 0.3 is 0 Å². The monoisotopic (exact) mass is 421 g/mol. The van der Waals surface area contributed by atoms with E-state index in [9.17, 15) is 13.6 Å². The molecule has 1 fully saturated rings. The van der Waals surface area contributed by atoms with Crippen molar-refractivity contribution >= 4 is 22.5 Å². The summed E-state index contributed by atoms with van der Waals surface area (Å²) in [6.07, 6.45) is 1.02. The van der Waals surface area contributed by atoms with Crippen LogP contribution in [-0.4, -0.2) is 25.5 Å². The van der Waals surface area contributed by atoms with Gasteiger partial charge in [0.05, 0.1) is 12.2 Å². The number of carbonyl (C=O) groups excluding carboxylic acids is 1. The first kappa shape index (κ1) is 19.4. The molecule has 4 aromatic rings. The van der Waals surface area contributed by atoms with Crippen LogP contribution in [0.1, 0.15) is 42.1 Å². The van der Waals surface area contributed by atoms with Crippen LogP contribution in [0.3, 0.4) is 0 Å². The molecule has 2 aromatic heterocycles. The Bertz CT molecular complexity index is 1240. The topological polar surface area (TPSA) is 64.7 Å². The average molecular weight is 421 g/mol. The van der Waals surface area contributed by atoms with E-state index < -0.39 is 12.3 Å². The van der Waals surface area contributed by atoms with Gasteiger partial charge in [0.2, 0.25) is 5.91 Å². The van der Waals surface area contributed by atoms with Crippen LogP contribution in [0, 0.1) is 0 Å². The van der Waals surface area contributed by atoms with Gasteiger partial charge in [0.15, 0.2) is 5.82 Å². The zero-order valence-corrected chi connectivity index (χ0v) is 16.7. The van der Waals surface area contributed by atoms with Gasteiger partial charge in [-0.15, -0.1) is 0 Å². The van der Waals surface area contributed by atoms with Gasteiger partial charge < -0.3 is 5.32 Å². The highest BCUT2D eigenvalue weighted by molar-refractivity contribution is 5.89. The molecule has 0 saturated heterocycles. The van der Waals surface area contributed by atoms with E-state index in [1.807, 2.05) is 24.3 Å². The van der Waals surface area contributed by atoms with Gasteiger partial charge in [0.1, 0.15) is 12.2 Å². The Morgan fingerprint density at radius 3 is 2.71 bits per heavy atom. The number of aromatic nitrogens is 4. The van der Waals surface area contributed by atoms with Gasteiger partial charge in [-0.1, -0.05) is 42.5 Å². The van der Waals surface area contributed by atoms with Crippen molar-refractivity contribution in [2.75, 3.05) is 5.32 Å². The Balaban J connectivity index is 1.27. The highest BCUT2D eigenvalue weighted by atomic mass is 19.3. The van der Waals surface area contributed by atoms with Crippen molar-refractivity contribution in [3.63, 3.8) is 0 Å². The van der Waals surface area contributed by atoms with E-state index in [-0.39, 0.29) is 18.2 Å². The van der Waals surface area contributed by atoms with Gasteiger partial charge in [-0.05, 0) is 35.2 Å². The summed E-state index contributed by atoms with van der Waals surface area (Å²) >= 11 is 0. The van der Waals surface area contributed by atoms with Crippen LogP contribution in [-0.2, 0) is 17.9 Å². The normalized spacial score (nSPS) is 13.8. The van der Waals surface area contributed by atoms with Crippen LogP contribution in [0.4, 0.5) is 14.6 Å². The van der Waals surface area contributed by atoms with E-state index in [1.165, 1.54) is 6.07 Å². The average Bonchev–Trinajstić information content (AvgIpc) is 3.38. The predicted octanol–water partition coefficient (Wildman–Crippen LogP) is 4.73. The van der Waals surface area contributed by atoms with Gasteiger partial charge in [0, 0.05) is 18.2 Å². The summed E-state index contributed by atoms with van der Waals surface area (Å²) < 4.78 is 29.5. The molecule has 0 spiro atoms. The largest absolute Gasteiger partial charge is 0.308 e. The van der Waals surface area contributed by atoms with Crippen molar-refractivity contribution in [3.05, 3.63) is 77.7 Å². The molecular weight excluding hydrogens is 400 g/mol. The standard InChI is InChI=1S/C23H21F2N5O/c24-23(25)20-12-19(16-8-9-16)27-30(20)14-22(31)26-21-10-11-29(28-21)13-17-6-3-5-15-4-1-2-7-18(15)17/h1-7,10-12,16,23H,8-9,13-14H2,(H,26,28,31). The first-order valence-electron chi connectivity index (χ1n) is 10.2. The Kier molecular flexibility index (Phi) is 4.97. The van der Waals surface area contributed by atoms with Crippen LogP contribution in [0.2, 0.25) is 0 Å². The molecule has 1 aliphatic carbocycles. The molecule has 8 heteroatoms. The van der Waals surface area contributed by atoms with Gasteiger partial charge in [-0.25, -0.2) is 8.78 Å². The number of hydrogen-bond acceptors (Lipinski definition) is 3. The minimum atomic E-state index is -2.67. The molecule has 31 heavy (non-hydrogen) atoms. The summed E-state index contributed by atoms with van der Waals surface area (Å²) in [6.45, 7) is 0.277. The Morgan fingerprint density at radius 1 is 1.10 bits per heavy atom. The van der Waals surface area contributed by atoms with Crippen LogP contribution < -0.4 is 5.32 Å². The number of alkyl halides is 2. The highest BCUT2D eigenvalue weighted by Gasteiger charge is 2.29. The SMILES string of the molecule is O=C(Cn1nc(C2CC2)cc1C(F)F)Nc1ccn(Cc2cccc3ccccc23)n1. The number of benzene rings is 2. The number of fused-ring (bicyclic) bond motifs is 1. The highest BCUT2D eigenvalue weighted by Crippen LogP contribution is 2.40. The Labute approximate surface area is 177 Å². The lowest BCUT2D eigenvalue weighted by Gasteiger charge is -2.08. The maximum Gasteiger partial charge on any atom is 0.280 e. The van der Waals surface area contributed by atoms with E-state index in [2.05, 4.69) is 33.7 Å². The lowest BCUT2D eigenvalue weighted by atomic mass is 10.0. The molecule has 5 rings (SSSR count). The predicted molar refractivity (Wildman–Crippen MR) is 113 cm³/mol. The van der Waals surface area contributed by atoms with E-state index >= 15 is 0 Å². The van der Waals surface area contributed by atoms with E-state index in [4.69, 9.17) is 0 Å². The molecule has 1 saturated carbocycles. The van der Waals surface area contributed by atoms with Crippen molar-refractivity contribution in [1.82, 2.24) is 19.6 Å². The quantitative estimate of drug-likeness (QED) is 0.469.